The van der Waals surface area contributed by atoms with Gasteiger partial charge in [0.05, 0.1) is 0 Å². The monoisotopic (exact) mass is 302 g/mol. The van der Waals surface area contributed by atoms with Gasteiger partial charge in [-0.25, -0.2) is 0 Å². The number of hydrogen-bond donors (Lipinski definition) is 2. The van der Waals surface area contributed by atoms with Crippen molar-refractivity contribution in [2.24, 2.45) is 11.7 Å². The van der Waals surface area contributed by atoms with Crippen molar-refractivity contribution in [3.63, 3.8) is 0 Å². The zero-order valence-electron chi connectivity index (χ0n) is 10.8. The Morgan fingerprint density at radius 3 is 2.58 bits per heavy atom. The number of nitrogens with one attached hydrogen (secondary N) is 1. The molecule has 2 rings (SSSR count). The van der Waals surface area contributed by atoms with Gasteiger partial charge in [0.2, 0.25) is 5.91 Å². The zero-order valence-corrected chi connectivity index (χ0v) is 12.3. The standard InChI is InChI=1S/C14H19ClN2O.ClH/c15-12-6-4-10(5-7-12)9-17-14(18)8-11-2-1-3-13(11)16;/h4-7,11,13H,1-3,8-9,16H2,(H,17,18);1H/t11-,13+;/m0./s1. The summed E-state index contributed by atoms with van der Waals surface area (Å²) >= 11 is 5.80. The number of amides is 1. The van der Waals surface area contributed by atoms with E-state index in [4.69, 9.17) is 17.3 Å². The third kappa shape index (κ3) is 5.01. The Hall–Kier alpha value is -0.770. The highest BCUT2D eigenvalue weighted by Crippen LogP contribution is 2.26. The van der Waals surface area contributed by atoms with Crippen molar-refractivity contribution in [2.45, 2.75) is 38.3 Å². The van der Waals surface area contributed by atoms with Gasteiger partial charge in [0.25, 0.3) is 0 Å². The number of nitrogens with two attached hydrogens (primary N) is 1. The maximum Gasteiger partial charge on any atom is 0.220 e. The molecule has 0 unspecified atom stereocenters. The van der Waals surface area contributed by atoms with Crippen LogP contribution in [0.4, 0.5) is 0 Å². The van der Waals surface area contributed by atoms with E-state index < -0.39 is 0 Å². The predicted octanol–water partition coefficient (Wildman–Crippen LogP) is 2.90. The molecule has 0 radical (unpaired) electrons. The minimum atomic E-state index is 0. The lowest BCUT2D eigenvalue weighted by atomic mass is 10.00. The second-order valence-corrected chi connectivity index (χ2v) is 5.40. The normalized spacial score (nSPS) is 21.8. The van der Waals surface area contributed by atoms with Gasteiger partial charge in [-0.15, -0.1) is 12.4 Å². The van der Waals surface area contributed by atoms with Crippen molar-refractivity contribution in [3.8, 4) is 0 Å². The molecule has 0 aromatic heterocycles. The molecule has 0 bridgehead atoms. The molecule has 1 aliphatic carbocycles. The Balaban J connectivity index is 0.00000180. The minimum Gasteiger partial charge on any atom is -0.352 e. The van der Waals surface area contributed by atoms with Crippen LogP contribution in [0.15, 0.2) is 24.3 Å². The van der Waals surface area contributed by atoms with Gasteiger partial charge in [0, 0.05) is 24.0 Å². The minimum absolute atomic E-state index is 0. The van der Waals surface area contributed by atoms with Crippen LogP contribution in [0.1, 0.15) is 31.2 Å². The average Bonchev–Trinajstić information content (AvgIpc) is 2.74. The summed E-state index contributed by atoms with van der Waals surface area (Å²) in [6, 6.07) is 7.70. The summed E-state index contributed by atoms with van der Waals surface area (Å²) in [6.45, 7) is 0.554. The summed E-state index contributed by atoms with van der Waals surface area (Å²) < 4.78 is 0. The fourth-order valence-corrected chi connectivity index (χ4v) is 2.56. The second-order valence-electron chi connectivity index (χ2n) is 4.96. The molecule has 1 saturated carbocycles. The van der Waals surface area contributed by atoms with Crippen LogP contribution in [-0.2, 0) is 11.3 Å². The Labute approximate surface area is 125 Å². The van der Waals surface area contributed by atoms with Crippen molar-refractivity contribution in [1.29, 1.82) is 0 Å². The predicted molar refractivity (Wildman–Crippen MR) is 80.5 cm³/mol. The van der Waals surface area contributed by atoms with Gasteiger partial charge in [0.1, 0.15) is 0 Å². The number of hydrogen-bond acceptors (Lipinski definition) is 2. The van der Waals surface area contributed by atoms with Crippen LogP contribution in [0.3, 0.4) is 0 Å². The first kappa shape index (κ1) is 16.3. The van der Waals surface area contributed by atoms with Crippen LogP contribution in [0, 0.1) is 5.92 Å². The second kappa shape index (κ2) is 7.73. The van der Waals surface area contributed by atoms with Crippen LogP contribution in [0.25, 0.3) is 0 Å². The lowest BCUT2D eigenvalue weighted by molar-refractivity contribution is -0.122. The van der Waals surface area contributed by atoms with E-state index >= 15 is 0 Å². The lowest BCUT2D eigenvalue weighted by Gasteiger charge is -2.14. The first-order chi connectivity index (χ1) is 8.65. The first-order valence-corrected chi connectivity index (χ1v) is 6.79. The highest BCUT2D eigenvalue weighted by molar-refractivity contribution is 6.30. The lowest BCUT2D eigenvalue weighted by Crippen LogP contribution is -2.31. The van der Waals surface area contributed by atoms with Gasteiger partial charge in [-0.1, -0.05) is 30.2 Å². The summed E-state index contributed by atoms with van der Waals surface area (Å²) in [5.41, 5.74) is 7.02. The molecule has 1 aromatic rings. The Bertz CT molecular complexity index is 408. The Kier molecular flexibility index (Phi) is 6.63. The molecule has 2 atom stereocenters. The number of halogens is 2. The maximum atomic E-state index is 11.8. The number of carbonyl (C=O) groups is 1. The molecular weight excluding hydrogens is 283 g/mol. The summed E-state index contributed by atoms with van der Waals surface area (Å²) in [7, 11) is 0. The number of rotatable bonds is 4. The largest absolute Gasteiger partial charge is 0.352 e. The first-order valence-electron chi connectivity index (χ1n) is 6.42. The molecule has 0 spiro atoms. The topological polar surface area (TPSA) is 55.1 Å². The molecule has 0 heterocycles. The summed E-state index contributed by atoms with van der Waals surface area (Å²) in [6.07, 6.45) is 3.83. The van der Waals surface area contributed by atoms with Gasteiger partial charge < -0.3 is 11.1 Å². The Morgan fingerprint density at radius 2 is 2.00 bits per heavy atom. The molecular formula is C14H20Cl2N2O. The van der Waals surface area contributed by atoms with E-state index in [0.717, 1.165) is 24.8 Å². The Morgan fingerprint density at radius 1 is 1.32 bits per heavy atom. The maximum absolute atomic E-state index is 11.8. The van der Waals surface area contributed by atoms with Crippen molar-refractivity contribution >= 4 is 29.9 Å². The molecule has 0 aliphatic heterocycles. The van der Waals surface area contributed by atoms with E-state index in [1.807, 2.05) is 24.3 Å². The summed E-state index contributed by atoms with van der Waals surface area (Å²) in [4.78, 5) is 11.8. The summed E-state index contributed by atoms with van der Waals surface area (Å²) in [5, 5.41) is 3.64. The molecule has 1 fully saturated rings. The van der Waals surface area contributed by atoms with E-state index in [-0.39, 0.29) is 24.4 Å². The molecule has 5 heteroatoms. The van der Waals surface area contributed by atoms with E-state index in [9.17, 15) is 4.79 Å². The zero-order chi connectivity index (χ0) is 13.0. The molecule has 106 valence electrons. The van der Waals surface area contributed by atoms with Crippen molar-refractivity contribution in [2.75, 3.05) is 0 Å². The fraction of sp³-hybridized carbons (Fsp3) is 0.500. The number of carbonyl (C=O) groups excluding carboxylic acids is 1. The van der Waals surface area contributed by atoms with Crippen LogP contribution in [0.5, 0.6) is 0 Å². The molecule has 0 saturated heterocycles. The molecule has 1 aromatic carbocycles. The van der Waals surface area contributed by atoms with Crippen LogP contribution in [-0.4, -0.2) is 11.9 Å². The van der Waals surface area contributed by atoms with Gasteiger partial charge in [-0.2, -0.15) is 0 Å². The summed E-state index contributed by atoms with van der Waals surface area (Å²) in [5.74, 6) is 0.447. The quantitative estimate of drug-likeness (QED) is 0.898. The van der Waals surface area contributed by atoms with Crippen LogP contribution in [0.2, 0.25) is 5.02 Å². The molecule has 19 heavy (non-hydrogen) atoms. The van der Waals surface area contributed by atoms with Gasteiger partial charge in [0.15, 0.2) is 0 Å². The third-order valence-electron chi connectivity index (χ3n) is 3.57. The van der Waals surface area contributed by atoms with E-state index in [1.54, 1.807) is 0 Å². The molecule has 1 aliphatic rings. The van der Waals surface area contributed by atoms with Crippen LogP contribution < -0.4 is 11.1 Å². The van der Waals surface area contributed by atoms with Crippen molar-refractivity contribution in [1.82, 2.24) is 5.32 Å². The molecule has 1 amide bonds. The van der Waals surface area contributed by atoms with Gasteiger partial charge >= 0.3 is 0 Å². The highest BCUT2D eigenvalue weighted by Gasteiger charge is 2.25. The van der Waals surface area contributed by atoms with Crippen molar-refractivity contribution in [3.05, 3.63) is 34.9 Å². The van der Waals surface area contributed by atoms with E-state index in [2.05, 4.69) is 5.32 Å². The van der Waals surface area contributed by atoms with Gasteiger partial charge in [-0.05, 0) is 36.5 Å². The van der Waals surface area contributed by atoms with Gasteiger partial charge in [-0.3, -0.25) is 4.79 Å². The third-order valence-corrected chi connectivity index (χ3v) is 3.82. The SMILES string of the molecule is Cl.N[C@@H]1CCC[C@H]1CC(=O)NCc1ccc(Cl)cc1. The van der Waals surface area contributed by atoms with Crippen molar-refractivity contribution < 1.29 is 4.79 Å². The molecule has 3 nitrogen and oxygen atoms in total. The van der Waals surface area contributed by atoms with Crippen LogP contribution >= 0.6 is 24.0 Å². The van der Waals surface area contributed by atoms with E-state index in [1.165, 1.54) is 0 Å². The smallest absolute Gasteiger partial charge is 0.220 e. The highest BCUT2D eigenvalue weighted by atomic mass is 35.5. The fourth-order valence-electron chi connectivity index (χ4n) is 2.43. The molecule has 3 N–H and O–H groups in total. The average molecular weight is 303 g/mol. The van der Waals surface area contributed by atoms with E-state index in [0.29, 0.717) is 23.9 Å². The number of benzene rings is 1.